The number of rotatable bonds is 6. The summed E-state index contributed by atoms with van der Waals surface area (Å²) in [6.07, 6.45) is 0.800. The Bertz CT molecular complexity index is 695. The molecular weight excluding hydrogens is 308 g/mol. The standard InChI is InChI=1S/C14H18N2O3S2/c1-16(2)21(17,18)12-5-6-14(13(15)10-12)19-8-7-11-4-3-9-20-11/h3-6,9-10H,7-8,15H2,1-2H3. The summed E-state index contributed by atoms with van der Waals surface area (Å²) in [6, 6.07) is 8.57. The molecule has 0 unspecified atom stereocenters. The first-order valence-electron chi connectivity index (χ1n) is 6.38. The second-order valence-electron chi connectivity index (χ2n) is 4.66. The van der Waals surface area contributed by atoms with Crippen molar-refractivity contribution in [2.24, 2.45) is 0 Å². The topological polar surface area (TPSA) is 72.6 Å². The lowest BCUT2D eigenvalue weighted by molar-refractivity contribution is 0.324. The molecule has 0 aliphatic rings. The lowest BCUT2D eigenvalue weighted by Gasteiger charge is -2.13. The third-order valence-corrected chi connectivity index (χ3v) is 5.69. The van der Waals surface area contributed by atoms with Gasteiger partial charge in [0.05, 0.1) is 17.2 Å². The molecular formula is C14H18N2O3S2. The molecule has 0 saturated heterocycles. The van der Waals surface area contributed by atoms with Crippen molar-refractivity contribution in [3.8, 4) is 5.75 Å². The number of hydrogen-bond acceptors (Lipinski definition) is 5. The largest absolute Gasteiger partial charge is 0.491 e. The van der Waals surface area contributed by atoms with E-state index >= 15 is 0 Å². The first kappa shape index (κ1) is 15.8. The molecule has 0 bridgehead atoms. The van der Waals surface area contributed by atoms with Crippen LogP contribution in [-0.2, 0) is 16.4 Å². The van der Waals surface area contributed by atoms with Crippen LogP contribution >= 0.6 is 11.3 Å². The molecule has 114 valence electrons. The predicted octanol–water partition coefficient (Wildman–Crippen LogP) is 2.20. The summed E-state index contributed by atoms with van der Waals surface area (Å²) in [5.74, 6) is 0.504. The molecule has 1 aromatic heterocycles. The molecule has 0 aliphatic heterocycles. The van der Waals surface area contributed by atoms with Crippen LogP contribution in [-0.4, -0.2) is 33.4 Å². The van der Waals surface area contributed by atoms with Gasteiger partial charge in [0.15, 0.2) is 0 Å². The second-order valence-corrected chi connectivity index (χ2v) is 7.85. The fourth-order valence-electron chi connectivity index (χ4n) is 1.75. The number of hydrogen-bond donors (Lipinski definition) is 1. The van der Waals surface area contributed by atoms with Gasteiger partial charge in [0.1, 0.15) is 5.75 Å². The number of benzene rings is 1. The van der Waals surface area contributed by atoms with E-state index in [9.17, 15) is 8.42 Å². The second kappa shape index (κ2) is 6.46. The maximum Gasteiger partial charge on any atom is 0.242 e. The van der Waals surface area contributed by atoms with Crippen molar-refractivity contribution in [2.75, 3.05) is 26.4 Å². The zero-order valence-electron chi connectivity index (χ0n) is 11.9. The minimum Gasteiger partial charge on any atom is -0.491 e. The number of anilines is 1. The molecule has 0 atom stereocenters. The Hall–Kier alpha value is -1.57. The van der Waals surface area contributed by atoms with Crippen LogP contribution in [0.1, 0.15) is 4.88 Å². The molecule has 0 radical (unpaired) electrons. The van der Waals surface area contributed by atoms with E-state index in [1.165, 1.54) is 31.1 Å². The zero-order valence-corrected chi connectivity index (χ0v) is 13.6. The van der Waals surface area contributed by atoms with Gasteiger partial charge < -0.3 is 10.5 Å². The first-order chi connectivity index (χ1) is 9.91. The van der Waals surface area contributed by atoms with E-state index in [0.29, 0.717) is 18.0 Å². The number of ether oxygens (including phenoxy) is 1. The van der Waals surface area contributed by atoms with Crippen molar-refractivity contribution in [1.82, 2.24) is 4.31 Å². The highest BCUT2D eigenvalue weighted by molar-refractivity contribution is 7.89. The molecule has 2 rings (SSSR count). The van der Waals surface area contributed by atoms with Crippen LogP contribution in [0.25, 0.3) is 0 Å². The summed E-state index contributed by atoms with van der Waals surface area (Å²) in [5, 5.41) is 2.02. The summed E-state index contributed by atoms with van der Waals surface area (Å²) in [6.45, 7) is 0.504. The van der Waals surface area contributed by atoms with Crippen molar-refractivity contribution in [1.29, 1.82) is 0 Å². The molecule has 0 fully saturated rings. The number of nitrogens with zero attached hydrogens (tertiary/aromatic N) is 1. The van der Waals surface area contributed by atoms with Crippen molar-refractivity contribution in [3.63, 3.8) is 0 Å². The van der Waals surface area contributed by atoms with Crippen LogP contribution in [0, 0.1) is 0 Å². The SMILES string of the molecule is CN(C)S(=O)(=O)c1ccc(OCCc2cccs2)c(N)c1. The van der Waals surface area contributed by atoms with Gasteiger partial charge in [-0.25, -0.2) is 12.7 Å². The lowest BCUT2D eigenvalue weighted by Crippen LogP contribution is -2.22. The fourth-order valence-corrected chi connectivity index (χ4v) is 3.37. The number of nitrogens with two attached hydrogens (primary N) is 1. The van der Waals surface area contributed by atoms with E-state index in [2.05, 4.69) is 0 Å². The Morgan fingerprint density at radius 1 is 1.29 bits per heavy atom. The van der Waals surface area contributed by atoms with Gasteiger partial charge >= 0.3 is 0 Å². The minimum atomic E-state index is -3.47. The van der Waals surface area contributed by atoms with Gasteiger partial charge in [-0.05, 0) is 29.6 Å². The van der Waals surface area contributed by atoms with Gasteiger partial charge in [-0.1, -0.05) is 6.07 Å². The summed E-state index contributed by atoms with van der Waals surface area (Å²) in [7, 11) is -0.506. The Kier molecular flexibility index (Phi) is 4.87. The van der Waals surface area contributed by atoms with Crippen LogP contribution < -0.4 is 10.5 Å². The molecule has 1 aromatic carbocycles. The Morgan fingerprint density at radius 3 is 2.62 bits per heavy atom. The van der Waals surface area contributed by atoms with Gasteiger partial charge in [-0.3, -0.25) is 0 Å². The normalized spacial score (nSPS) is 11.8. The third kappa shape index (κ3) is 3.75. The maximum atomic E-state index is 12.0. The van der Waals surface area contributed by atoms with E-state index in [-0.39, 0.29) is 4.90 Å². The van der Waals surface area contributed by atoms with E-state index in [1.807, 2.05) is 17.5 Å². The summed E-state index contributed by atoms with van der Waals surface area (Å²) >= 11 is 1.68. The van der Waals surface area contributed by atoms with Gasteiger partial charge in [0.25, 0.3) is 0 Å². The van der Waals surface area contributed by atoms with Gasteiger partial charge in [-0.15, -0.1) is 11.3 Å². The molecule has 21 heavy (non-hydrogen) atoms. The highest BCUT2D eigenvalue weighted by Gasteiger charge is 2.18. The Morgan fingerprint density at radius 2 is 2.05 bits per heavy atom. The summed E-state index contributed by atoms with van der Waals surface area (Å²) < 4.78 is 30.8. The fraction of sp³-hybridized carbons (Fsp3) is 0.286. The maximum absolute atomic E-state index is 12.0. The molecule has 0 spiro atoms. The van der Waals surface area contributed by atoms with E-state index in [1.54, 1.807) is 17.4 Å². The van der Waals surface area contributed by atoms with Crippen molar-refractivity contribution in [2.45, 2.75) is 11.3 Å². The molecule has 5 nitrogen and oxygen atoms in total. The zero-order chi connectivity index (χ0) is 15.5. The molecule has 2 N–H and O–H groups in total. The number of thiophene rings is 1. The molecule has 1 heterocycles. The molecule has 0 amide bonds. The van der Waals surface area contributed by atoms with Crippen molar-refractivity contribution in [3.05, 3.63) is 40.6 Å². The van der Waals surface area contributed by atoms with Crippen molar-refractivity contribution >= 4 is 27.0 Å². The average Bonchev–Trinajstić information content (AvgIpc) is 2.93. The van der Waals surface area contributed by atoms with Crippen LogP contribution in [0.2, 0.25) is 0 Å². The summed E-state index contributed by atoms with van der Waals surface area (Å²) in [5.41, 5.74) is 6.20. The van der Waals surface area contributed by atoms with Crippen LogP contribution in [0.5, 0.6) is 5.75 Å². The molecule has 0 saturated carbocycles. The van der Waals surface area contributed by atoms with Crippen molar-refractivity contribution < 1.29 is 13.2 Å². The monoisotopic (exact) mass is 326 g/mol. The Balaban J connectivity index is 2.06. The average molecular weight is 326 g/mol. The predicted molar refractivity (Wildman–Crippen MR) is 85.2 cm³/mol. The smallest absolute Gasteiger partial charge is 0.242 e. The van der Waals surface area contributed by atoms with E-state index in [0.717, 1.165) is 10.7 Å². The quantitative estimate of drug-likeness (QED) is 0.826. The van der Waals surface area contributed by atoms with Crippen LogP contribution in [0.3, 0.4) is 0 Å². The van der Waals surface area contributed by atoms with Crippen LogP contribution in [0.4, 0.5) is 5.69 Å². The summed E-state index contributed by atoms with van der Waals surface area (Å²) in [4.78, 5) is 1.40. The highest BCUT2D eigenvalue weighted by Crippen LogP contribution is 2.26. The first-order valence-corrected chi connectivity index (χ1v) is 8.70. The van der Waals surface area contributed by atoms with E-state index < -0.39 is 10.0 Å². The minimum absolute atomic E-state index is 0.163. The van der Waals surface area contributed by atoms with E-state index in [4.69, 9.17) is 10.5 Å². The highest BCUT2D eigenvalue weighted by atomic mass is 32.2. The molecule has 2 aromatic rings. The number of nitrogen functional groups attached to an aromatic ring is 1. The van der Waals surface area contributed by atoms with Gasteiger partial charge in [-0.2, -0.15) is 0 Å². The lowest BCUT2D eigenvalue weighted by atomic mass is 10.3. The number of sulfonamides is 1. The Labute approximate surface area is 129 Å². The molecule has 7 heteroatoms. The van der Waals surface area contributed by atoms with Gasteiger partial charge in [0.2, 0.25) is 10.0 Å². The molecule has 0 aliphatic carbocycles. The van der Waals surface area contributed by atoms with Crippen LogP contribution in [0.15, 0.2) is 40.6 Å². The third-order valence-electron chi connectivity index (χ3n) is 2.95. The van der Waals surface area contributed by atoms with Gasteiger partial charge in [0, 0.05) is 25.4 Å².